The van der Waals surface area contributed by atoms with Gasteiger partial charge in [-0.1, -0.05) is 45.1 Å². The number of aromatic hydroxyl groups is 1. The number of fused-ring (bicyclic) bond motifs is 2. The summed E-state index contributed by atoms with van der Waals surface area (Å²) in [6, 6.07) is 13.5. The molecule has 0 aliphatic carbocycles. The summed E-state index contributed by atoms with van der Waals surface area (Å²) >= 11 is 0. The first kappa shape index (κ1) is 21.9. The molecule has 0 amide bonds. The Kier molecular flexibility index (Phi) is 6.39. The molecule has 0 saturated heterocycles. The van der Waals surface area contributed by atoms with Crippen molar-refractivity contribution in [3.8, 4) is 5.75 Å². The number of phenolic OH excluding ortho intramolecular Hbond substituents is 1. The molecule has 0 saturated carbocycles. The molecule has 6 heteroatoms. The molecule has 0 radical (unpaired) electrons. The maximum atomic E-state index is 9.95. The SMILES string of the molecule is CCCc1ccc2c(c1)nc(N1CCc3ccc(O)cc3C1)n2COCC[Si](C)(C)C. The number of nitrogens with zero attached hydrogens (tertiary/aromatic N) is 3. The van der Waals surface area contributed by atoms with E-state index >= 15 is 0 Å². The molecule has 0 unspecified atom stereocenters. The third-order valence-electron chi connectivity index (χ3n) is 6.03. The molecule has 0 fully saturated rings. The van der Waals surface area contributed by atoms with Gasteiger partial charge in [-0.25, -0.2) is 4.98 Å². The molecule has 3 aromatic rings. The van der Waals surface area contributed by atoms with Crippen LogP contribution >= 0.6 is 0 Å². The highest BCUT2D eigenvalue weighted by atomic mass is 28.3. The summed E-state index contributed by atoms with van der Waals surface area (Å²) in [5.41, 5.74) is 5.99. The summed E-state index contributed by atoms with van der Waals surface area (Å²) in [6.07, 6.45) is 3.16. The summed E-state index contributed by atoms with van der Waals surface area (Å²) in [6.45, 7) is 12.3. The van der Waals surface area contributed by atoms with Crippen molar-refractivity contribution in [2.45, 2.75) is 65.1 Å². The lowest BCUT2D eigenvalue weighted by Crippen LogP contribution is -2.32. The summed E-state index contributed by atoms with van der Waals surface area (Å²) in [5, 5.41) is 9.95. The first-order valence-electron chi connectivity index (χ1n) is 11.5. The van der Waals surface area contributed by atoms with Gasteiger partial charge in [0.1, 0.15) is 12.5 Å². The van der Waals surface area contributed by atoms with E-state index in [4.69, 9.17) is 9.72 Å². The predicted molar refractivity (Wildman–Crippen MR) is 131 cm³/mol. The fourth-order valence-corrected chi connectivity index (χ4v) is 4.98. The fraction of sp³-hybridized carbons (Fsp3) is 0.480. The average molecular weight is 438 g/mol. The van der Waals surface area contributed by atoms with Crippen molar-refractivity contribution in [2.24, 2.45) is 0 Å². The molecule has 0 spiro atoms. The summed E-state index contributed by atoms with van der Waals surface area (Å²) in [5.74, 6) is 1.29. The van der Waals surface area contributed by atoms with E-state index in [1.54, 1.807) is 6.07 Å². The van der Waals surface area contributed by atoms with Gasteiger partial charge in [-0.3, -0.25) is 4.57 Å². The van der Waals surface area contributed by atoms with Crippen LogP contribution in [0, 0.1) is 0 Å². The molecule has 5 nitrogen and oxygen atoms in total. The maximum absolute atomic E-state index is 9.95. The lowest BCUT2D eigenvalue weighted by Gasteiger charge is -2.30. The van der Waals surface area contributed by atoms with Gasteiger partial charge in [-0.15, -0.1) is 0 Å². The van der Waals surface area contributed by atoms with Gasteiger partial charge in [0.2, 0.25) is 5.95 Å². The highest BCUT2D eigenvalue weighted by molar-refractivity contribution is 6.76. The predicted octanol–water partition coefficient (Wildman–Crippen LogP) is 5.57. The number of hydrogen-bond donors (Lipinski definition) is 1. The van der Waals surface area contributed by atoms with E-state index in [0.717, 1.165) is 62.0 Å². The van der Waals surface area contributed by atoms with Crippen LogP contribution in [0.1, 0.15) is 30.0 Å². The van der Waals surface area contributed by atoms with Crippen LogP contribution < -0.4 is 4.90 Å². The Bertz CT molecular complexity index is 1050. The van der Waals surface area contributed by atoms with E-state index in [1.165, 1.54) is 16.7 Å². The van der Waals surface area contributed by atoms with Gasteiger partial charge in [0.05, 0.1) is 11.0 Å². The summed E-state index contributed by atoms with van der Waals surface area (Å²) < 4.78 is 8.38. The third-order valence-corrected chi connectivity index (χ3v) is 7.74. The van der Waals surface area contributed by atoms with Gasteiger partial charge in [-0.05, 0) is 59.8 Å². The third kappa shape index (κ3) is 5.13. The van der Waals surface area contributed by atoms with Gasteiger partial charge in [0, 0.05) is 27.8 Å². The molecule has 2 heterocycles. The van der Waals surface area contributed by atoms with E-state index < -0.39 is 8.07 Å². The standard InChI is InChI=1S/C25H35N3O2Si/c1-5-6-19-7-10-24-23(15-19)26-25(28(24)18-30-13-14-31(2,3)4)27-12-11-20-8-9-22(29)16-21(20)17-27/h7-10,15-16,29H,5-6,11-14,17-18H2,1-4H3. The van der Waals surface area contributed by atoms with Crippen LogP contribution in [0.15, 0.2) is 36.4 Å². The molecule has 2 aromatic carbocycles. The lowest BCUT2D eigenvalue weighted by molar-refractivity contribution is 0.0905. The Hall–Kier alpha value is -2.31. The largest absolute Gasteiger partial charge is 0.508 e. The van der Waals surface area contributed by atoms with Crippen LogP contribution in [0.25, 0.3) is 11.0 Å². The molecule has 1 N–H and O–H groups in total. The Balaban J connectivity index is 1.64. The van der Waals surface area contributed by atoms with Crippen molar-refractivity contribution in [1.29, 1.82) is 0 Å². The minimum atomic E-state index is -1.12. The van der Waals surface area contributed by atoms with E-state index in [2.05, 4.69) is 54.2 Å². The highest BCUT2D eigenvalue weighted by Gasteiger charge is 2.23. The number of anilines is 1. The molecule has 0 atom stereocenters. The fourth-order valence-electron chi connectivity index (χ4n) is 4.22. The van der Waals surface area contributed by atoms with Crippen molar-refractivity contribution < 1.29 is 9.84 Å². The second-order valence-corrected chi connectivity index (χ2v) is 15.5. The highest BCUT2D eigenvalue weighted by Crippen LogP contribution is 2.30. The minimum Gasteiger partial charge on any atom is -0.508 e. The normalized spacial score (nSPS) is 14.3. The van der Waals surface area contributed by atoms with Gasteiger partial charge in [0.15, 0.2) is 0 Å². The van der Waals surface area contributed by atoms with Crippen molar-refractivity contribution in [3.63, 3.8) is 0 Å². The number of rotatable bonds is 8. The number of hydrogen-bond acceptors (Lipinski definition) is 4. The zero-order chi connectivity index (χ0) is 22.0. The monoisotopic (exact) mass is 437 g/mol. The van der Waals surface area contributed by atoms with Crippen molar-refractivity contribution in [3.05, 3.63) is 53.1 Å². The molecule has 31 heavy (non-hydrogen) atoms. The molecule has 1 aromatic heterocycles. The Labute approximate surface area is 186 Å². The quantitative estimate of drug-likeness (QED) is 0.370. The van der Waals surface area contributed by atoms with E-state index in [1.807, 2.05) is 12.1 Å². The maximum Gasteiger partial charge on any atom is 0.208 e. The second-order valence-electron chi connectivity index (χ2n) is 9.89. The van der Waals surface area contributed by atoms with Crippen LogP contribution in [0.4, 0.5) is 5.95 Å². The molecule has 166 valence electrons. The van der Waals surface area contributed by atoms with Crippen LogP contribution in [-0.2, 0) is 30.9 Å². The van der Waals surface area contributed by atoms with Crippen molar-refractivity contribution in [2.75, 3.05) is 18.1 Å². The topological polar surface area (TPSA) is 50.5 Å². The Morgan fingerprint density at radius 3 is 2.71 bits per heavy atom. The number of imidazole rings is 1. The first-order chi connectivity index (χ1) is 14.8. The second kappa shape index (κ2) is 9.05. The lowest BCUT2D eigenvalue weighted by atomic mass is 10.00. The molecule has 4 rings (SSSR count). The molecule has 1 aliphatic heterocycles. The average Bonchev–Trinajstić information content (AvgIpc) is 3.08. The van der Waals surface area contributed by atoms with Crippen LogP contribution in [-0.4, -0.2) is 35.9 Å². The van der Waals surface area contributed by atoms with Crippen LogP contribution in [0.2, 0.25) is 25.7 Å². The Morgan fingerprint density at radius 1 is 1.10 bits per heavy atom. The van der Waals surface area contributed by atoms with E-state index in [-0.39, 0.29) is 0 Å². The van der Waals surface area contributed by atoms with Gasteiger partial charge in [-0.2, -0.15) is 0 Å². The van der Waals surface area contributed by atoms with Gasteiger partial charge >= 0.3 is 0 Å². The number of ether oxygens (including phenoxy) is 1. The molecule has 1 aliphatic rings. The number of phenols is 1. The van der Waals surface area contributed by atoms with E-state index in [9.17, 15) is 5.11 Å². The first-order valence-corrected chi connectivity index (χ1v) is 15.2. The van der Waals surface area contributed by atoms with Gasteiger partial charge in [0.25, 0.3) is 0 Å². The van der Waals surface area contributed by atoms with E-state index in [0.29, 0.717) is 12.5 Å². The minimum absolute atomic E-state index is 0.327. The summed E-state index contributed by atoms with van der Waals surface area (Å²) in [4.78, 5) is 7.38. The zero-order valence-corrected chi connectivity index (χ0v) is 20.3. The molecule has 0 bridgehead atoms. The van der Waals surface area contributed by atoms with Crippen LogP contribution in [0.5, 0.6) is 5.75 Å². The van der Waals surface area contributed by atoms with Crippen molar-refractivity contribution in [1.82, 2.24) is 9.55 Å². The van der Waals surface area contributed by atoms with Crippen molar-refractivity contribution >= 4 is 25.1 Å². The molecular weight excluding hydrogens is 402 g/mol. The van der Waals surface area contributed by atoms with Crippen LogP contribution in [0.3, 0.4) is 0 Å². The molecular formula is C25H35N3O2Si. The number of aromatic nitrogens is 2. The zero-order valence-electron chi connectivity index (χ0n) is 19.3. The Morgan fingerprint density at radius 2 is 1.94 bits per heavy atom. The smallest absolute Gasteiger partial charge is 0.208 e. The van der Waals surface area contributed by atoms with Gasteiger partial charge < -0.3 is 14.7 Å². The number of aryl methyl sites for hydroxylation is 1. The summed E-state index contributed by atoms with van der Waals surface area (Å²) in [7, 11) is -1.12. The number of benzene rings is 2.